The molecule has 0 heterocycles. The van der Waals surface area contributed by atoms with Crippen molar-refractivity contribution in [2.75, 3.05) is 0 Å². The van der Waals surface area contributed by atoms with Gasteiger partial charge >= 0.3 is 0 Å². The number of aliphatic hydroxyl groups is 1. The smallest absolute Gasteiger partial charge is 0.0687 e. The summed E-state index contributed by atoms with van der Waals surface area (Å²) in [4.78, 5) is 0. The molecule has 0 aliphatic rings. The van der Waals surface area contributed by atoms with Crippen molar-refractivity contribution in [2.45, 2.75) is 13.5 Å². The van der Waals surface area contributed by atoms with Gasteiger partial charge in [0.05, 0.1) is 6.61 Å². The van der Waals surface area contributed by atoms with Crippen molar-refractivity contribution in [3.05, 3.63) is 41.5 Å². The fourth-order valence-electron chi connectivity index (χ4n) is 1.02. The number of aliphatic hydroxyl groups excluding tert-OH is 1. The van der Waals surface area contributed by atoms with Crippen molar-refractivity contribution in [1.29, 1.82) is 0 Å². The fourth-order valence-corrected chi connectivity index (χ4v) is 1.02. The Morgan fingerprint density at radius 2 is 2.09 bits per heavy atom. The van der Waals surface area contributed by atoms with Gasteiger partial charge in [-0.3, -0.25) is 0 Å². The minimum atomic E-state index is 0.112. The molecular weight excluding hydrogens is 136 g/mol. The third-order valence-electron chi connectivity index (χ3n) is 1.57. The number of hydrogen-bond donors (Lipinski definition) is 1. The summed E-state index contributed by atoms with van der Waals surface area (Å²) in [7, 11) is 0. The SMILES string of the molecule is CC=Cc1ccccc1CO. The second-order valence-corrected chi connectivity index (χ2v) is 2.36. The van der Waals surface area contributed by atoms with Crippen molar-refractivity contribution in [2.24, 2.45) is 0 Å². The maximum absolute atomic E-state index is 8.91. The molecule has 1 aromatic carbocycles. The van der Waals surface area contributed by atoms with Gasteiger partial charge in [-0.1, -0.05) is 36.4 Å². The molecule has 0 radical (unpaired) electrons. The Bertz CT molecular complexity index is 251. The van der Waals surface area contributed by atoms with Gasteiger partial charge in [-0.25, -0.2) is 0 Å². The molecule has 0 aliphatic carbocycles. The molecule has 0 saturated heterocycles. The van der Waals surface area contributed by atoms with E-state index in [-0.39, 0.29) is 6.61 Å². The molecule has 11 heavy (non-hydrogen) atoms. The summed E-state index contributed by atoms with van der Waals surface area (Å²) in [5, 5.41) is 8.91. The molecule has 58 valence electrons. The Morgan fingerprint density at radius 3 is 2.73 bits per heavy atom. The van der Waals surface area contributed by atoms with Crippen LogP contribution in [0.2, 0.25) is 0 Å². The first-order chi connectivity index (χ1) is 5.38. The zero-order chi connectivity index (χ0) is 8.10. The predicted octanol–water partition coefficient (Wildman–Crippen LogP) is 2.21. The largest absolute Gasteiger partial charge is 0.392 e. The molecule has 0 fully saturated rings. The van der Waals surface area contributed by atoms with Gasteiger partial charge in [0, 0.05) is 0 Å². The zero-order valence-corrected chi connectivity index (χ0v) is 6.62. The van der Waals surface area contributed by atoms with Crippen LogP contribution in [0, 0.1) is 0 Å². The van der Waals surface area contributed by atoms with Gasteiger partial charge in [0.2, 0.25) is 0 Å². The molecule has 0 spiro atoms. The van der Waals surface area contributed by atoms with E-state index in [1.165, 1.54) is 0 Å². The lowest BCUT2D eigenvalue weighted by molar-refractivity contribution is 0.281. The van der Waals surface area contributed by atoms with E-state index >= 15 is 0 Å². The van der Waals surface area contributed by atoms with Gasteiger partial charge in [0.25, 0.3) is 0 Å². The maximum Gasteiger partial charge on any atom is 0.0687 e. The van der Waals surface area contributed by atoms with Crippen LogP contribution in [-0.4, -0.2) is 5.11 Å². The third-order valence-corrected chi connectivity index (χ3v) is 1.57. The minimum absolute atomic E-state index is 0.112. The molecule has 1 nitrogen and oxygen atoms in total. The van der Waals surface area contributed by atoms with Gasteiger partial charge < -0.3 is 5.11 Å². The molecule has 0 unspecified atom stereocenters. The highest BCUT2D eigenvalue weighted by molar-refractivity contribution is 5.53. The zero-order valence-electron chi connectivity index (χ0n) is 6.62. The van der Waals surface area contributed by atoms with Gasteiger partial charge in [0.15, 0.2) is 0 Å². The second kappa shape index (κ2) is 3.94. The Morgan fingerprint density at radius 1 is 1.36 bits per heavy atom. The van der Waals surface area contributed by atoms with Crippen LogP contribution in [0.4, 0.5) is 0 Å². The predicted molar refractivity (Wildman–Crippen MR) is 47.1 cm³/mol. The summed E-state index contributed by atoms with van der Waals surface area (Å²) in [5.41, 5.74) is 2.07. The van der Waals surface area contributed by atoms with Crippen LogP contribution in [0.25, 0.3) is 6.08 Å². The molecular formula is C10H12O. The standard InChI is InChI=1S/C10H12O/c1-2-5-9-6-3-4-7-10(9)8-11/h2-7,11H,8H2,1H3. The van der Waals surface area contributed by atoms with Crippen LogP contribution < -0.4 is 0 Å². The summed E-state index contributed by atoms with van der Waals surface area (Å²) in [6, 6.07) is 7.81. The van der Waals surface area contributed by atoms with Crippen LogP contribution >= 0.6 is 0 Å². The first-order valence-corrected chi connectivity index (χ1v) is 3.70. The number of rotatable bonds is 2. The number of hydrogen-bond acceptors (Lipinski definition) is 1. The van der Waals surface area contributed by atoms with Crippen LogP contribution in [0.1, 0.15) is 18.1 Å². The van der Waals surface area contributed by atoms with Crippen molar-refractivity contribution in [3.8, 4) is 0 Å². The Labute approximate surface area is 67.0 Å². The van der Waals surface area contributed by atoms with Crippen molar-refractivity contribution in [1.82, 2.24) is 0 Å². The number of benzene rings is 1. The topological polar surface area (TPSA) is 20.2 Å². The molecule has 0 saturated carbocycles. The molecule has 1 N–H and O–H groups in total. The number of allylic oxidation sites excluding steroid dienone is 1. The van der Waals surface area contributed by atoms with Crippen LogP contribution in [0.15, 0.2) is 30.3 Å². The molecule has 1 aromatic rings. The van der Waals surface area contributed by atoms with E-state index in [0.717, 1.165) is 11.1 Å². The normalized spacial score (nSPS) is 10.7. The van der Waals surface area contributed by atoms with E-state index in [1.54, 1.807) is 0 Å². The Balaban J connectivity index is 3.02. The van der Waals surface area contributed by atoms with Gasteiger partial charge in [-0.05, 0) is 18.1 Å². The summed E-state index contributed by atoms with van der Waals surface area (Å²) in [6.07, 6.45) is 3.96. The first kappa shape index (κ1) is 8.02. The lowest BCUT2D eigenvalue weighted by atomic mass is 10.1. The molecule has 0 amide bonds. The average molecular weight is 148 g/mol. The quantitative estimate of drug-likeness (QED) is 0.681. The first-order valence-electron chi connectivity index (χ1n) is 3.70. The minimum Gasteiger partial charge on any atom is -0.392 e. The molecule has 0 atom stereocenters. The van der Waals surface area contributed by atoms with E-state index in [1.807, 2.05) is 43.3 Å². The lowest BCUT2D eigenvalue weighted by Gasteiger charge is -1.99. The summed E-state index contributed by atoms with van der Waals surface area (Å²) in [6.45, 7) is 2.08. The average Bonchev–Trinajstić information content (AvgIpc) is 2.06. The molecule has 0 aliphatic heterocycles. The Kier molecular flexibility index (Phi) is 2.87. The van der Waals surface area contributed by atoms with Crippen LogP contribution in [0.3, 0.4) is 0 Å². The van der Waals surface area contributed by atoms with E-state index in [0.29, 0.717) is 0 Å². The van der Waals surface area contributed by atoms with Gasteiger partial charge in [-0.2, -0.15) is 0 Å². The molecule has 0 bridgehead atoms. The monoisotopic (exact) mass is 148 g/mol. The summed E-state index contributed by atoms with van der Waals surface area (Å²) >= 11 is 0. The molecule has 0 aromatic heterocycles. The fraction of sp³-hybridized carbons (Fsp3) is 0.200. The van der Waals surface area contributed by atoms with E-state index in [4.69, 9.17) is 5.11 Å². The lowest BCUT2D eigenvalue weighted by Crippen LogP contribution is -1.86. The summed E-state index contributed by atoms with van der Waals surface area (Å²) in [5.74, 6) is 0. The third kappa shape index (κ3) is 1.92. The van der Waals surface area contributed by atoms with E-state index in [9.17, 15) is 0 Å². The second-order valence-electron chi connectivity index (χ2n) is 2.36. The maximum atomic E-state index is 8.91. The summed E-state index contributed by atoms with van der Waals surface area (Å²) < 4.78 is 0. The van der Waals surface area contributed by atoms with Crippen LogP contribution in [-0.2, 0) is 6.61 Å². The van der Waals surface area contributed by atoms with Crippen molar-refractivity contribution < 1.29 is 5.11 Å². The Hall–Kier alpha value is -1.08. The molecule has 1 rings (SSSR count). The van der Waals surface area contributed by atoms with Gasteiger partial charge in [-0.15, -0.1) is 0 Å². The van der Waals surface area contributed by atoms with E-state index in [2.05, 4.69) is 0 Å². The highest BCUT2D eigenvalue weighted by Gasteiger charge is 1.93. The molecule has 1 heteroatoms. The van der Waals surface area contributed by atoms with Crippen molar-refractivity contribution >= 4 is 6.08 Å². The van der Waals surface area contributed by atoms with Crippen molar-refractivity contribution in [3.63, 3.8) is 0 Å². The highest BCUT2D eigenvalue weighted by Crippen LogP contribution is 2.09. The van der Waals surface area contributed by atoms with Crippen LogP contribution in [0.5, 0.6) is 0 Å². The highest BCUT2D eigenvalue weighted by atomic mass is 16.3. The van der Waals surface area contributed by atoms with Gasteiger partial charge in [0.1, 0.15) is 0 Å². The van der Waals surface area contributed by atoms with E-state index < -0.39 is 0 Å².